The largest absolute Gasteiger partial charge is 0.350 e. The van der Waals surface area contributed by atoms with Gasteiger partial charge in [-0.2, -0.15) is 0 Å². The molecule has 0 aromatic heterocycles. The summed E-state index contributed by atoms with van der Waals surface area (Å²) in [5.74, 6) is 1.33. The maximum Gasteiger partial charge on any atom is 0.226 e. The maximum atomic E-state index is 12.5. The average molecular weight is 331 g/mol. The second-order valence-electron chi connectivity index (χ2n) is 7.42. The Morgan fingerprint density at radius 2 is 1.67 bits per heavy atom. The lowest BCUT2D eigenvalue weighted by Crippen LogP contribution is -2.42. The van der Waals surface area contributed by atoms with E-state index in [1.165, 1.54) is 5.56 Å². The van der Waals surface area contributed by atoms with Crippen molar-refractivity contribution in [3.05, 3.63) is 35.4 Å². The van der Waals surface area contributed by atoms with Gasteiger partial charge in [-0.05, 0) is 36.3 Å². The Balaban J connectivity index is 1.47. The molecule has 0 radical (unpaired) electrons. The van der Waals surface area contributed by atoms with Gasteiger partial charge in [0.2, 0.25) is 5.91 Å². The average Bonchev–Trinajstić information content (AvgIpc) is 3.11. The molecule has 0 N–H and O–H groups in total. The standard InChI is InChI=1S/C20H29NO3/c1-15(2)13-16-3-5-17(6-4-16)14-19(22)21-9-7-18(8-10-21)20-23-11-12-24-20/h3-6,15,18,20H,7-14H2,1-2H3. The van der Waals surface area contributed by atoms with E-state index < -0.39 is 0 Å². The van der Waals surface area contributed by atoms with Gasteiger partial charge in [0.15, 0.2) is 6.29 Å². The third-order valence-corrected chi connectivity index (χ3v) is 4.95. The summed E-state index contributed by atoms with van der Waals surface area (Å²) in [6, 6.07) is 8.51. The van der Waals surface area contributed by atoms with Gasteiger partial charge >= 0.3 is 0 Å². The molecular weight excluding hydrogens is 302 g/mol. The van der Waals surface area contributed by atoms with Crippen LogP contribution in [0.4, 0.5) is 0 Å². The summed E-state index contributed by atoms with van der Waals surface area (Å²) in [4.78, 5) is 14.5. The highest BCUT2D eigenvalue weighted by Gasteiger charge is 2.31. The van der Waals surface area contributed by atoms with Crippen LogP contribution < -0.4 is 0 Å². The third kappa shape index (κ3) is 4.58. The first-order valence-corrected chi connectivity index (χ1v) is 9.20. The van der Waals surface area contributed by atoms with E-state index >= 15 is 0 Å². The van der Waals surface area contributed by atoms with E-state index in [1.807, 2.05) is 4.90 Å². The maximum absolute atomic E-state index is 12.5. The molecule has 2 heterocycles. The van der Waals surface area contributed by atoms with Gasteiger partial charge in [0.1, 0.15) is 0 Å². The number of nitrogens with zero attached hydrogens (tertiary/aromatic N) is 1. The number of likely N-dealkylation sites (tertiary alicyclic amines) is 1. The Hall–Kier alpha value is -1.39. The molecule has 0 bridgehead atoms. The van der Waals surface area contributed by atoms with Crippen molar-refractivity contribution in [2.45, 2.75) is 45.8 Å². The molecule has 132 valence electrons. The first-order chi connectivity index (χ1) is 11.6. The second kappa shape index (κ2) is 8.13. The van der Waals surface area contributed by atoms with Crippen molar-refractivity contribution in [3.63, 3.8) is 0 Å². The molecule has 0 saturated carbocycles. The van der Waals surface area contributed by atoms with Crippen LogP contribution in [0.15, 0.2) is 24.3 Å². The summed E-state index contributed by atoms with van der Waals surface area (Å²) >= 11 is 0. The lowest BCUT2D eigenvalue weighted by atomic mass is 9.95. The van der Waals surface area contributed by atoms with E-state index in [9.17, 15) is 4.79 Å². The van der Waals surface area contributed by atoms with Crippen molar-refractivity contribution < 1.29 is 14.3 Å². The fraction of sp³-hybridized carbons (Fsp3) is 0.650. The Labute approximate surface area is 145 Å². The zero-order valence-electron chi connectivity index (χ0n) is 14.9. The van der Waals surface area contributed by atoms with Crippen LogP contribution in [0.1, 0.15) is 37.8 Å². The summed E-state index contributed by atoms with van der Waals surface area (Å²) in [5, 5.41) is 0. The van der Waals surface area contributed by atoms with Crippen molar-refractivity contribution in [2.75, 3.05) is 26.3 Å². The topological polar surface area (TPSA) is 38.8 Å². The molecule has 1 aromatic carbocycles. The molecule has 2 fully saturated rings. The number of rotatable bonds is 5. The van der Waals surface area contributed by atoms with Crippen LogP contribution in [0, 0.1) is 11.8 Å². The van der Waals surface area contributed by atoms with Crippen molar-refractivity contribution in [1.29, 1.82) is 0 Å². The molecule has 2 aliphatic rings. The number of hydrogen-bond acceptors (Lipinski definition) is 3. The lowest BCUT2D eigenvalue weighted by Gasteiger charge is -2.34. The number of amides is 1. The van der Waals surface area contributed by atoms with E-state index in [0.717, 1.165) is 37.9 Å². The SMILES string of the molecule is CC(C)Cc1ccc(CC(=O)N2CCC(C3OCCO3)CC2)cc1. The number of carbonyl (C=O) groups excluding carboxylic acids is 1. The van der Waals surface area contributed by atoms with Gasteiger partial charge in [-0.15, -0.1) is 0 Å². The summed E-state index contributed by atoms with van der Waals surface area (Å²) in [7, 11) is 0. The second-order valence-corrected chi connectivity index (χ2v) is 7.42. The minimum Gasteiger partial charge on any atom is -0.350 e. The molecule has 0 spiro atoms. The monoisotopic (exact) mass is 331 g/mol. The molecule has 2 saturated heterocycles. The highest BCUT2D eigenvalue weighted by Crippen LogP contribution is 2.26. The van der Waals surface area contributed by atoms with Gasteiger partial charge < -0.3 is 14.4 Å². The summed E-state index contributed by atoms with van der Waals surface area (Å²) in [6.45, 7) is 7.50. The molecule has 24 heavy (non-hydrogen) atoms. The Morgan fingerprint density at radius 1 is 1.08 bits per heavy atom. The highest BCUT2D eigenvalue weighted by atomic mass is 16.7. The van der Waals surface area contributed by atoms with Crippen LogP contribution in [0.3, 0.4) is 0 Å². The van der Waals surface area contributed by atoms with E-state index in [-0.39, 0.29) is 12.2 Å². The Kier molecular flexibility index (Phi) is 5.90. The minimum atomic E-state index is -0.0456. The Morgan fingerprint density at radius 3 is 2.25 bits per heavy atom. The van der Waals surface area contributed by atoms with E-state index in [2.05, 4.69) is 38.1 Å². The van der Waals surface area contributed by atoms with Crippen LogP contribution in [0.5, 0.6) is 0 Å². The molecule has 2 aliphatic heterocycles. The Bertz CT molecular complexity index is 526. The molecule has 0 atom stereocenters. The van der Waals surface area contributed by atoms with Crippen molar-refractivity contribution >= 4 is 5.91 Å². The van der Waals surface area contributed by atoms with Crippen molar-refractivity contribution in [3.8, 4) is 0 Å². The van der Waals surface area contributed by atoms with Crippen molar-refractivity contribution in [2.24, 2.45) is 11.8 Å². The molecule has 4 nitrogen and oxygen atoms in total. The van der Waals surface area contributed by atoms with Gasteiger partial charge in [0.05, 0.1) is 19.6 Å². The molecule has 0 unspecified atom stereocenters. The summed E-state index contributed by atoms with van der Waals surface area (Å²) in [5.41, 5.74) is 2.45. The predicted molar refractivity (Wildman–Crippen MR) is 93.7 cm³/mol. The molecule has 1 aromatic rings. The van der Waals surface area contributed by atoms with Crippen LogP contribution in [-0.4, -0.2) is 43.4 Å². The number of benzene rings is 1. The van der Waals surface area contributed by atoms with E-state index in [4.69, 9.17) is 9.47 Å². The molecule has 3 rings (SSSR count). The molecule has 4 heteroatoms. The fourth-order valence-electron chi connectivity index (χ4n) is 3.62. The minimum absolute atomic E-state index is 0.0456. The van der Waals surface area contributed by atoms with Crippen molar-refractivity contribution in [1.82, 2.24) is 4.90 Å². The molecule has 0 aliphatic carbocycles. The zero-order valence-corrected chi connectivity index (χ0v) is 14.9. The number of ether oxygens (including phenoxy) is 2. The van der Waals surface area contributed by atoms with Crippen LogP contribution in [0.25, 0.3) is 0 Å². The quantitative estimate of drug-likeness (QED) is 0.832. The van der Waals surface area contributed by atoms with Gasteiger partial charge in [0.25, 0.3) is 0 Å². The van der Waals surface area contributed by atoms with E-state index in [0.29, 0.717) is 31.5 Å². The third-order valence-electron chi connectivity index (χ3n) is 4.95. The normalized spacial score (nSPS) is 20.0. The van der Waals surface area contributed by atoms with Crippen LogP contribution in [0.2, 0.25) is 0 Å². The van der Waals surface area contributed by atoms with Crippen LogP contribution in [-0.2, 0) is 27.1 Å². The van der Waals surface area contributed by atoms with Gasteiger partial charge in [0, 0.05) is 19.0 Å². The zero-order chi connectivity index (χ0) is 16.9. The lowest BCUT2D eigenvalue weighted by molar-refractivity contribution is -0.136. The smallest absolute Gasteiger partial charge is 0.226 e. The first-order valence-electron chi connectivity index (χ1n) is 9.20. The number of carbonyl (C=O) groups is 1. The fourth-order valence-corrected chi connectivity index (χ4v) is 3.62. The number of hydrogen-bond donors (Lipinski definition) is 0. The number of piperidine rings is 1. The molecular formula is C20H29NO3. The predicted octanol–water partition coefficient (Wildman–Crippen LogP) is 3.04. The van der Waals surface area contributed by atoms with E-state index in [1.54, 1.807) is 0 Å². The summed E-state index contributed by atoms with van der Waals surface area (Å²) in [6.07, 6.45) is 3.50. The van der Waals surface area contributed by atoms with Gasteiger partial charge in [-0.3, -0.25) is 4.79 Å². The first kappa shape index (κ1) is 17.4. The van der Waals surface area contributed by atoms with Crippen LogP contribution >= 0.6 is 0 Å². The van der Waals surface area contributed by atoms with Gasteiger partial charge in [-0.1, -0.05) is 38.1 Å². The highest BCUT2D eigenvalue weighted by molar-refractivity contribution is 5.78. The van der Waals surface area contributed by atoms with Gasteiger partial charge in [-0.25, -0.2) is 0 Å². The summed E-state index contributed by atoms with van der Waals surface area (Å²) < 4.78 is 11.2. The molecule has 1 amide bonds.